The van der Waals surface area contributed by atoms with E-state index in [2.05, 4.69) is 0 Å². The molecule has 1 unspecified atom stereocenters. The maximum absolute atomic E-state index is 13.0. The van der Waals surface area contributed by atoms with Gasteiger partial charge < -0.3 is 33.2 Å². The summed E-state index contributed by atoms with van der Waals surface area (Å²) in [6, 6.07) is 5.29. The normalized spacial score (nSPS) is 18.0. The molecule has 0 bridgehead atoms. The fourth-order valence-corrected chi connectivity index (χ4v) is 4.44. The Labute approximate surface area is 190 Å². The van der Waals surface area contributed by atoms with Gasteiger partial charge in [-0.05, 0) is 35.4 Å². The summed E-state index contributed by atoms with van der Waals surface area (Å²) in [6.07, 6.45) is 2.28. The van der Waals surface area contributed by atoms with Crippen molar-refractivity contribution in [3.63, 3.8) is 0 Å². The molecule has 1 heterocycles. The van der Waals surface area contributed by atoms with Gasteiger partial charge in [0.05, 0.1) is 41.5 Å². The van der Waals surface area contributed by atoms with Crippen LogP contribution in [-0.2, 0) is 14.3 Å². The largest absolute Gasteiger partial charge is 0.493 e. The number of benzene rings is 2. The first-order valence-corrected chi connectivity index (χ1v) is 10.1. The van der Waals surface area contributed by atoms with E-state index in [0.29, 0.717) is 57.5 Å². The smallest absolute Gasteiger partial charge is 0.314 e. The molecule has 2 aromatic carbocycles. The SMILES string of the molecule is COC(=O)[C@@H]1C(C=O)=Cc2c(cc3c(c2OC)OCO3)C1c1cc(OC)c(OC)c(OC)c1. The quantitative estimate of drug-likeness (QED) is 0.460. The van der Waals surface area contributed by atoms with Crippen molar-refractivity contribution >= 4 is 18.3 Å². The van der Waals surface area contributed by atoms with E-state index in [1.165, 1.54) is 35.5 Å². The summed E-state index contributed by atoms with van der Waals surface area (Å²) in [5.41, 5.74) is 2.20. The molecule has 9 heteroatoms. The lowest BCUT2D eigenvalue weighted by atomic mass is 9.71. The third-order valence-corrected chi connectivity index (χ3v) is 5.87. The fraction of sp³-hybridized carbons (Fsp3) is 0.333. The zero-order valence-corrected chi connectivity index (χ0v) is 18.9. The summed E-state index contributed by atoms with van der Waals surface area (Å²) in [5.74, 6) is 0.437. The molecule has 2 aromatic rings. The van der Waals surface area contributed by atoms with Gasteiger partial charge in [0.1, 0.15) is 6.29 Å². The molecule has 0 radical (unpaired) electrons. The van der Waals surface area contributed by atoms with Gasteiger partial charge in [-0.2, -0.15) is 0 Å². The molecular formula is C24H24O9. The van der Waals surface area contributed by atoms with Gasteiger partial charge >= 0.3 is 5.97 Å². The average molecular weight is 456 g/mol. The van der Waals surface area contributed by atoms with E-state index in [1.54, 1.807) is 24.3 Å². The molecule has 33 heavy (non-hydrogen) atoms. The third kappa shape index (κ3) is 3.49. The van der Waals surface area contributed by atoms with Gasteiger partial charge in [0.25, 0.3) is 0 Å². The van der Waals surface area contributed by atoms with E-state index >= 15 is 0 Å². The number of fused-ring (bicyclic) bond motifs is 2. The Bertz CT molecular complexity index is 1110. The van der Waals surface area contributed by atoms with Gasteiger partial charge in [-0.25, -0.2) is 0 Å². The minimum Gasteiger partial charge on any atom is -0.493 e. The Morgan fingerprint density at radius 2 is 1.61 bits per heavy atom. The minimum atomic E-state index is -0.923. The molecule has 2 atom stereocenters. The Morgan fingerprint density at radius 3 is 2.15 bits per heavy atom. The predicted molar refractivity (Wildman–Crippen MR) is 117 cm³/mol. The van der Waals surface area contributed by atoms with Crippen molar-refractivity contribution in [3.05, 3.63) is 40.5 Å². The Morgan fingerprint density at radius 1 is 0.939 bits per heavy atom. The first-order chi connectivity index (χ1) is 16.0. The molecule has 0 spiro atoms. The number of aldehydes is 1. The van der Waals surface area contributed by atoms with Crippen LogP contribution < -0.4 is 28.4 Å². The lowest BCUT2D eigenvalue weighted by Gasteiger charge is -2.32. The summed E-state index contributed by atoms with van der Waals surface area (Å²) in [5, 5.41) is 0. The Balaban J connectivity index is 2.05. The number of ether oxygens (including phenoxy) is 7. The van der Waals surface area contributed by atoms with Crippen LogP contribution in [0.2, 0.25) is 0 Å². The third-order valence-electron chi connectivity index (χ3n) is 5.87. The maximum atomic E-state index is 13.0. The van der Waals surface area contributed by atoms with Crippen LogP contribution in [-0.4, -0.2) is 54.6 Å². The fourth-order valence-electron chi connectivity index (χ4n) is 4.44. The minimum absolute atomic E-state index is 0.0358. The summed E-state index contributed by atoms with van der Waals surface area (Å²) >= 11 is 0. The van der Waals surface area contributed by atoms with Crippen molar-refractivity contribution in [2.24, 2.45) is 5.92 Å². The molecule has 1 aliphatic heterocycles. The molecule has 0 saturated heterocycles. The molecule has 1 aliphatic carbocycles. The number of hydrogen-bond acceptors (Lipinski definition) is 9. The molecule has 9 nitrogen and oxygen atoms in total. The second-order valence-corrected chi connectivity index (χ2v) is 7.35. The predicted octanol–water partition coefficient (Wildman–Crippen LogP) is 2.97. The molecule has 0 N–H and O–H groups in total. The Hall–Kier alpha value is -3.88. The molecule has 0 saturated carbocycles. The van der Waals surface area contributed by atoms with Crippen LogP contribution >= 0.6 is 0 Å². The Kier molecular flexibility index (Phi) is 6.04. The summed E-state index contributed by atoms with van der Waals surface area (Å²) in [6.45, 7) is 0.0358. The van der Waals surface area contributed by atoms with Crippen LogP contribution in [0.4, 0.5) is 0 Å². The molecular weight excluding hydrogens is 432 g/mol. The van der Waals surface area contributed by atoms with Crippen LogP contribution in [0.5, 0.6) is 34.5 Å². The summed E-state index contributed by atoms with van der Waals surface area (Å²) < 4.78 is 38.4. The van der Waals surface area contributed by atoms with Crippen molar-refractivity contribution in [1.29, 1.82) is 0 Å². The molecule has 0 amide bonds. The van der Waals surface area contributed by atoms with Crippen LogP contribution in [0.15, 0.2) is 23.8 Å². The van der Waals surface area contributed by atoms with Crippen LogP contribution in [0.25, 0.3) is 6.08 Å². The van der Waals surface area contributed by atoms with Gasteiger partial charge in [-0.3, -0.25) is 9.59 Å². The van der Waals surface area contributed by atoms with E-state index in [9.17, 15) is 9.59 Å². The highest BCUT2D eigenvalue weighted by Crippen LogP contribution is 2.54. The van der Waals surface area contributed by atoms with E-state index in [-0.39, 0.29) is 12.4 Å². The maximum Gasteiger partial charge on any atom is 0.314 e. The standard InChI is InChI=1S/C24H24O9/c1-27-16-7-12(8-17(28-2)22(16)30-4)19-14-9-18-23(33-11-32-18)21(29-3)15(14)6-13(10-25)20(19)24(26)31-5/h6-10,19-20H,11H2,1-5H3/t19?,20-/m1/s1. The second kappa shape index (κ2) is 8.93. The highest BCUT2D eigenvalue weighted by atomic mass is 16.7. The zero-order valence-electron chi connectivity index (χ0n) is 18.9. The topological polar surface area (TPSA) is 98.8 Å². The number of carbonyl (C=O) groups excluding carboxylic acids is 2. The first-order valence-electron chi connectivity index (χ1n) is 10.1. The number of esters is 1. The highest BCUT2D eigenvalue weighted by molar-refractivity contribution is 5.96. The van der Waals surface area contributed by atoms with Crippen molar-refractivity contribution in [2.75, 3.05) is 42.3 Å². The molecule has 0 aromatic heterocycles. The van der Waals surface area contributed by atoms with Gasteiger partial charge in [0, 0.05) is 17.1 Å². The second-order valence-electron chi connectivity index (χ2n) is 7.35. The van der Waals surface area contributed by atoms with Crippen LogP contribution in [0, 0.1) is 5.92 Å². The summed E-state index contributed by atoms with van der Waals surface area (Å²) in [4.78, 5) is 25.1. The highest BCUT2D eigenvalue weighted by Gasteiger charge is 2.42. The van der Waals surface area contributed by atoms with E-state index in [1.807, 2.05) is 0 Å². The molecule has 2 aliphatic rings. The van der Waals surface area contributed by atoms with E-state index in [4.69, 9.17) is 33.2 Å². The van der Waals surface area contributed by atoms with E-state index < -0.39 is 17.8 Å². The van der Waals surface area contributed by atoms with Crippen LogP contribution in [0.3, 0.4) is 0 Å². The van der Waals surface area contributed by atoms with E-state index in [0.717, 1.165) is 0 Å². The number of methoxy groups -OCH3 is 5. The van der Waals surface area contributed by atoms with Crippen molar-refractivity contribution in [1.82, 2.24) is 0 Å². The van der Waals surface area contributed by atoms with Crippen LogP contribution in [0.1, 0.15) is 22.6 Å². The van der Waals surface area contributed by atoms with Gasteiger partial charge in [-0.1, -0.05) is 0 Å². The molecule has 0 fully saturated rings. The van der Waals surface area contributed by atoms with Gasteiger partial charge in [-0.15, -0.1) is 0 Å². The number of rotatable bonds is 7. The lowest BCUT2D eigenvalue weighted by Crippen LogP contribution is -2.30. The molecule has 174 valence electrons. The lowest BCUT2D eigenvalue weighted by molar-refractivity contribution is -0.145. The van der Waals surface area contributed by atoms with Gasteiger partial charge in [0.2, 0.25) is 18.3 Å². The zero-order chi connectivity index (χ0) is 23.7. The summed E-state index contributed by atoms with van der Waals surface area (Å²) in [7, 11) is 7.31. The monoisotopic (exact) mass is 456 g/mol. The molecule has 4 rings (SSSR count). The number of hydrogen-bond donors (Lipinski definition) is 0. The van der Waals surface area contributed by atoms with Crippen molar-refractivity contribution in [3.8, 4) is 34.5 Å². The van der Waals surface area contributed by atoms with Crippen molar-refractivity contribution < 1.29 is 42.7 Å². The number of carbonyl (C=O) groups is 2. The van der Waals surface area contributed by atoms with Crippen molar-refractivity contribution in [2.45, 2.75) is 5.92 Å². The average Bonchev–Trinajstić information content (AvgIpc) is 3.32. The van der Waals surface area contributed by atoms with Gasteiger partial charge in [0.15, 0.2) is 23.0 Å². The first kappa shape index (κ1) is 22.3.